The molecule has 0 aliphatic heterocycles. The van der Waals surface area contributed by atoms with E-state index in [1.165, 1.54) is 7.11 Å². The number of halogens is 1. The summed E-state index contributed by atoms with van der Waals surface area (Å²) in [6.45, 7) is 0. The summed E-state index contributed by atoms with van der Waals surface area (Å²) in [6, 6.07) is 1.66. The molecule has 3 N–H and O–H groups in total. The van der Waals surface area contributed by atoms with E-state index >= 15 is 0 Å². The summed E-state index contributed by atoms with van der Waals surface area (Å²) in [7, 11) is 3.07. The van der Waals surface area contributed by atoms with Crippen molar-refractivity contribution in [2.45, 2.75) is 0 Å². The average Bonchev–Trinajstić information content (AvgIpc) is 2.27. The van der Waals surface area contributed by atoms with Crippen LogP contribution in [0.4, 0.5) is 5.82 Å². The summed E-state index contributed by atoms with van der Waals surface area (Å²) >= 11 is 2.08. The van der Waals surface area contributed by atoms with E-state index in [1.54, 1.807) is 13.2 Å². The van der Waals surface area contributed by atoms with Crippen molar-refractivity contribution in [2.75, 3.05) is 20.0 Å². The smallest absolute Gasteiger partial charge is 1.00 e. The Kier molecular flexibility index (Phi) is 5.26. The molecule has 92 valence electrons. The minimum Gasteiger partial charge on any atom is -1.00 e. The molecule has 0 aliphatic rings. The Morgan fingerprint density at radius 1 is 1.44 bits per heavy atom. The molecule has 1 aromatic carbocycles. The van der Waals surface area contributed by atoms with Gasteiger partial charge in [-0.2, -0.15) is 4.98 Å². The maximum atomic E-state index is 11.2. The van der Waals surface area contributed by atoms with Crippen LogP contribution in [0.2, 0.25) is 0 Å². The normalized spacial score (nSPS) is 9.94. The van der Waals surface area contributed by atoms with Crippen molar-refractivity contribution in [3.05, 3.63) is 20.1 Å². The van der Waals surface area contributed by atoms with Crippen molar-refractivity contribution in [3.8, 4) is 11.5 Å². The number of ether oxygens (including phenoxy) is 2. The summed E-state index contributed by atoms with van der Waals surface area (Å²) in [5, 5.41) is 0.655. The molecule has 0 saturated heterocycles. The number of nitrogens with one attached hydrogen (secondary N) is 1. The van der Waals surface area contributed by atoms with Crippen molar-refractivity contribution in [2.24, 2.45) is 0 Å². The van der Waals surface area contributed by atoms with Crippen LogP contribution in [-0.2, 0) is 0 Å². The first-order valence-electron chi connectivity index (χ1n) is 4.68. The van der Waals surface area contributed by atoms with E-state index in [2.05, 4.69) is 32.6 Å². The van der Waals surface area contributed by atoms with Crippen LogP contribution in [0.1, 0.15) is 1.43 Å². The number of nitrogens with two attached hydrogens (primary N) is 1. The minimum absolute atomic E-state index is 0. The number of rotatable bonds is 2. The molecule has 0 saturated carbocycles. The van der Waals surface area contributed by atoms with Gasteiger partial charge in [-0.05, 0) is 22.6 Å². The maximum absolute atomic E-state index is 11.2. The van der Waals surface area contributed by atoms with Gasteiger partial charge in [0.2, 0.25) is 0 Å². The predicted octanol–water partition coefficient (Wildman–Crippen LogP) is -1.76. The van der Waals surface area contributed by atoms with Crippen molar-refractivity contribution < 1.29 is 40.5 Å². The summed E-state index contributed by atoms with van der Waals surface area (Å²) in [5.41, 5.74) is 5.83. The van der Waals surface area contributed by atoms with E-state index in [9.17, 15) is 4.79 Å². The van der Waals surface area contributed by atoms with Crippen molar-refractivity contribution in [3.63, 3.8) is 0 Å². The fourth-order valence-electron chi connectivity index (χ4n) is 1.61. The van der Waals surface area contributed by atoms with Crippen molar-refractivity contribution in [1.82, 2.24) is 9.97 Å². The summed E-state index contributed by atoms with van der Waals surface area (Å²) in [4.78, 5) is 17.5. The van der Waals surface area contributed by atoms with E-state index in [-0.39, 0.29) is 36.8 Å². The number of hydrogen-bond donors (Lipinski definition) is 2. The Hall–Kier alpha value is -0.510. The monoisotopic (exact) mass is 371 g/mol. The maximum Gasteiger partial charge on any atom is 1.00 e. The molecule has 2 rings (SSSR count). The van der Waals surface area contributed by atoms with Gasteiger partial charge in [-0.15, -0.1) is 0 Å². The predicted molar refractivity (Wildman–Crippen MR) is 73.7 cm³/mol. The van der Waals surface area contributed by atoms with Crippen LogP contribution < -0.4 is 50.5 Å². The van der Waals surface area contributed by atoms with Gasteiger partial charge < -0.3 is 21.6 Å². The van der Waals surface area contributed by atoms with Gasteiger partial charge in [-0.25, -0.2) is 4.79 Å². The molecule has 1 heterocycles. The number of nitrogen functional groups attached to an aromatic ring is 1. The minimum atomic E-state index is -0.488. The van der Waals surface area contributed by atoms with E-state index in [4.69, 9.17) is 15.2 Å². The fourth-order valence-corrected chi connectivity index (χ4v) is 2.66. The number of nitrogens with zero attached hydrogens (tertiary/aromatic N) is 1. The number of hydrogen-bond acceptors (Lipinski definition) is 5. The molecular formula is C10H11IN3NaO3. The third-order valence-corrected chi connectivity index (χ3v) is 3.36. The van der Waals surface area contributed by atoms with Crippen LogP contribution in [-0.4, -0.2) is 24.2 Å². The molecule has 0 amide bonds. The number of methoxy groups -OCH3 is 2. The molecule has 18 heavy (non-hydrogen) atoms. The number of anilines is 1. The molecule has 0 radical (unpaired) electrons. The van der Waals surface area contributed by atoms with E-state index < -0.39 is 5.69 Å². The molecule has 0 spiro atoms. The van der Waals surface area contributed by atoms with Gasteiger partial charge in [0.25, 0.3) is 0 Å². The van der Waals surface area contributed by atoms with Crippen LogP contribution in [0.5, 0.6) is 11.5 Å². The second-order valence-corrected chi connectivity index (χ2v) is 4.35. The van der Waals surface area contributed by atoms with E-state index in [1.807, 2.05) is 0 Å². The Morgan fingerprint density at radius 3 is 2.67 bits per heavy atom. The third-order valence-electron chi connectivity index (χ3n) is 2.33. The molecule has 0 bridgehead atoms. The Balaban J connectivity index is 0.00000162. The zero-order valence-electron chi connectivity index (χ0n) is 11.2. The number of H-pyrrole nitrogens is 1. The number of aromatic nitrogens is 2. The third kappa shape index (κ3) is 2.58. The second kappa shape index (κ2) is 6.09. The number of fused-ring (bicyclic) bond motifs is 1. The largest absolute Gasteiger partial charge is 1.00 e. The van der Waals surface area contributed by atoms with Crippen molar-refractivity contribution in [1.29, 1.82) is 0 Å². The van der Waals surface area contributed by atoms with E-state index in [0.717, 1.165) is 3.57 Å². The van der Waals surface area contributed by atoms with E-state index in [0.29, 0.717) is 22.4 Å². The Labute approximate surface area is 140 Å². The molecule has 2 aromatic rings. The molecule has 1 aromatic heterocycles. The summed E-state index contributed by atoms with van der Waals surface area (Å²) < 4.78 is 11.2. The van der Waals surface area contributed by atoms with Gasteiger partial charge in [-0.1, -0.05) is 0 Å². The molecule has 6 nitrogen and oxygen atoms in total. The van der Waals surface area contributed by atoms with Crippen molar-refractivity contribution >= 4 is 39.3 Å². The zero-order valence-corrected chi connectivity index (χ0v) is 14.4. The summed E-state index contributed by atoms with van der Waals surface area (Å²) in [5.74, 6) is 1.28. The van der Waals surface area contributed by atoms with Crippen LogP contribution in [0, 0.1) is 3.57 Å². The summed E-state index contributed by atoms with van der Waals surface area (Å²) in [6.07, 6.45) is 0. The topological polar surface area (TPSA) is 90.2 Å². The first-order chi connectivity index (χ1) is 8.08. The Bertz CT molecular complexity index is 650. The SMILES string of the molecule is COc1cc2[nH]c(=O)nc(N)c2c(I)c1OC.[H-].[Na+]. The standard InChI is InChI=1S/C10H10IN3O3.Na.H/c1-16-5-3-4-6(7(11)8(5)17-2)9(12)14-10(15)13-4;;/h3H,1-2H3,(H3,12,13,14,15);;/q;+1;-1. The van der Waals surface area contributed by atoms with Gasteiger partial charge >= 0.3 is 35.2 Å². The van der Waals surface area contributed by atoms with Gasteiger partial charge in [0.1, 0.15) is 5.82 Å². The van der Waals surface area contributed by atoms with Gasteiger partial charge in [0, 0.05) is 6.07 Å². The molecule has 0 atom stereocenters. The zero-order chi connectivity index (χ0) is 12.6. The Morgan fingerprint density at radius 2 is 2.11 bits per heavy atom. The number of aromatic amines is 1. The molecular weight excluding hydrogens is 360 g/mol. The van der Waals surface area contributed by atoms with Crippen LogP contribution in [0.25, 0.3) is 10.9 Å². The fraction of sp³-hybridized carbons (Fsp3) is 0.200. The first-order valence-corrected chi connectivity index (χ1v) is 5.76. The second-order valence-electron chi connectivity index (χ2n) is 3.28. The van der Waals surface area contributed by atoms with Gasteiger partial charge in [0.05, 0.1) is 28.7 Å². The molecule has 0 fully saturated rings. The van der Waals surface area contributed by atoms with Gasteiger partial charge in [0.15, 0.2) is 11.5 Å². The molecule has 0 aliphatic carbocycles. The first kappa shape index (κ1) is 15.5. The molecule has 0 unspecified atom stereocenters. The average molecular weight is 371 g/mol. The van der Waals surface area contributed by atoms with Crippen LogP contribution in [0.15, 0.2) is 10.9 Å². The van der Waals surface area contributed by atoms with Crippen LogP contribution in [0.3, 0.4) is 0 Å². The van der Waals surface area contributed by atoms with Gasteiger partial charge in [-0.3, -0.25) is 0 Å². The van der Waals surface area contributed by atoms with Crippen LogP contribution >= 0.6 is 22.6 Å². The molecule has 8 heteroatoms. The quantitative estimate of drug-likeness (QED) is 0.483. The number of benzene rings is 1.